The third-order valence-electron chi connectivity index (χ3n) is 6.06. The van der Waals surface area contributed by atoms with E-state index in [2.05, 4.69) is 18.7 Å². The van der Waals surface area contributed by atoms with E-state index in [0.717, 1.165) is 49.2 Å². The van der Waals surface area contributed by atoms with Crippen molar-refractivity contribution in [2.24, 2.45) is 5.92 Å². The molecule has 1 atom stereocenters. The van der Waals surface area contributed by atoms with E-state index in [1.165, 1.54) is 4.90 Å². The van der Waals surface area contributed by atoms with Gasteiger partial charge in [-0.2, -0.15) is 0 Å². The second-order valence-corrected chi connectivity index (χ2v) is 9.08. The molecule has 2 aromatic carbocycles. The van der Waals surface area contributed by atoms with Crippen LogP contribution in [0, 0.1) is 12.8 Å². The van der Waals surface area contributed by atoms with Gasteiger partial charge in [-0.1, -0.05) is 43.6 Å². The lowest BCUT2D eigenvalue weighted by Gasteiger charge is -2.33. The first kappa shape index (κ1) is 22.4. The van der Waals surface area contributed by atoms with Gasteiger partial charge in [-0.15, -0.1) is 0 Å². The molecule has 32 heavy (non-hydrogen) atoms. The molecule has 2 heterocycles. The number of carbonyl (C=O) groups is 2. The maximum atomic E-state index is 13.7. The van der Waals surface area contributed by atoms with E-state index in [4.69, 9.17) is 16.3 Å². The van der Waals surface area contributed by atoms with Crippen LogP contribution in [0.3, 0.4) is 0 Å². The van der Waals surface area contributed by atoms with Gasteiger partial charge in [0.1, 0.15) is 11.4 Å². The number of carbonyl (C=O) groups excluding carboxylic acids is 2. The average molecular weight is 453 g/mol. The highest BCUT2D eigenvalue weighted by molar-refractivity contribution is 6.45. The molecule has 0 aromatic heterocycles. The lowest BCUT2D eigenvalue weighted by Crippen LogP contribution is -2.39. The van der Waals surface area contributed by atoms with E-state index in [9.17, 15) is 9.59 Å². The van der Waals surface area contributed by atoms with Crippen LogP contribution in [0.5, 0.6) is 5.75 Å². The molecule has 0 saturated carbocycles. The van der Waals surface area contributed by atoms with Crippen LogP contribution in [0.15, 0.2) is 48.2 Å². The Morgan fingerprint density at radius 3 is 2.50 bits per heavy atom. The van der Waals surface area contributed by atoms with Gasteiger partial charge in [0.15, 0.2) is 0 Å². The summed E-state index contributed by atoms with van der Waals surface area (Å²) in [6.07, 6.45) is 3.05. The molecule has 6 heteroatoms. The fourth-order valence-electron chi connectivity index (χ4n) is 4.36. The van der Waals surface area contributed by atoms with Gasteiger partial charge < -0.3 is 9.64 Å². The standard InChI is InChI=1S/C26H29ClN2O3/c1-4-14-32-21-11-8-19(9-12-21)23-24(28-13-5-6-17(2)16-28)26(31)29(25(23)30)20-10-7-18(3)22(27)15-20/h7-12,15,17H,4-6,13-14,16H2,1-3H3. The molecule has 168 valence electrons. The maximum absolute atomic E-state index is 13.7. The minimum Gasteiger partial charge on any atom is -0.494 e. The molecule has 1 fully saturated rings. The topological polar surface area (TPSA) is 49.9 Å². The number of amides is 2. The Bertz CT molecular complexity index is 1060. The molecule has 5 nitrogen and oxygen atoms in total. The van der Waals surface area contributed by atoms with E-state index in [1.54, 1.807) is 12.1 Å². The molecule has 1 unspecified atom stereocenters. The van der Waals surface area contributed by atoms with Gasteiger partial charge in [0.2, 0.25) is 0 Å². The third-order valence-corrected chi connectivity index (χ3v) is 6.47. The van der Waals surface area contributed by atoms with Crippen molar-refractivity contribution in [1.82, 2.24) is 4.90 Å². The molecule has 0 spiro atoms. The Kier molecular flexibility index (Phi) is 6.56. The highest BCUT2D eigenvalue weighted by Crippen LogP contribution is 2.37. The summed E-state index contributed by atoms with van der Waals surface area (Å²) in [5.74, 6) is 0.618. The predicted octanol–water partition coefficient (Wildman–Crippen LogP) is 5.45. The highest BCUT2D eigenvalue weighted by Gasteiger charge is 2.43. The number of nitrogens with zero attached hydrogens (tertiary/aromatic N) is 2. The van der Waals surface area contributed by atoms with Crippen LogP contribution in [0.1, 0.15) is 44.2 Å². The van der Waals surface area contributed by atoms with E-state index < -0.39 is 0 Å². The first-order valence-electron chi connectivity index (χ1n) is 11.3. The van der Waals surface area contributed by atoms with Crippen molar-refractivity contribution >= 4 is 34.7 Å². The molecule has 1 saturated heterocycles. The Morgan fingerprint density at radius 1 is 1.09 bits per heavy atom. The number of benzene rings is 2. The Labute approximate surface area is 194 Å². The summed E-state index contributed by atoms with van der Waals surface area (Å²) in [6.45, 7) is 8.30. The smallest absolute Gasteiger partial charge is 0.282 e. The van der Waals surface area contributed by atoms with Crippen molar-refractivity contribution in [3.8, 4) is 5.75 Å². The Morgan fingerprint density at radius 2 is 1.84 bits per heavy atom. The summed E-state index contributed by atoms with van der Waals surface area (Å²) in [6, 6.07) is 12.7. The predicted molar refractivity (Wildman–Crippen MR) is 128 cm³/mol. The number of halogens is 1. The van der Waals surface area contributed by atoms with E-state index in [0.29, 0.717) is 34.5 Å². The number of likely N-dealkylation sites (tertiary alicyclic amines) is 1. The molecular weight excluding hydrogens is 424 g/mol. The molecule has 4 rings (SSSR count). The summed E-state index contributed by atoms with van der Waals surface area (Å²) >= 11 is 6.32. The quantitative estimate of drug-likeness (QED) is 0.546. The SMILES string of the molecule is CCCOc1ccc(C2=C(N3CCCC(C)C3)C(=O)N(c3ccc(C)c(Cl)c3)C2=O)cc1. The normalized spacial score (nSPS) is 19.2. The van der Waals surface area contributed by atoms with Crippen molar-refractivity contribution in [1.29, 1.82) is 0 Å². The van der Waals surface area contributed by atoms with Crippen molar-refractivity contribution in [2.45, 2.75) is 40.0 Å². The van der Waals surface area contributed by atoms with Crippen molar-refractivity contribution in [2.75, 3.05) is 24.6 Å². The van der Waals surface area contributed by atoms with E-state index >= 15 is 0 Å². The summed E-state index contributed by atoms with van der Waals surface area (Å²) < 4.78 is 5.69. The first-order chi connectivity index (χ1) is 15.4. The van der Waals surface area contributed by atoms with E-state index in [-0.39, 0.29) is 11.8 Å². The lowest BCUT2D eigenvalue weighted by atomic mass is 9.97. The summed E-state index contributed by atoms with van der Waals surface area (Å²) in [4.78, 5) is 30.6. The summed E-state index contributed by atoms with van der Waals surface area (Å²) in [7, 11) is 0. The molecule has 0 aliphatic carbocycles. The van der Waals surface area contributed by atoms with Crippen LogP contribution >= 0.6 is 11.6 Å². The number of ether oxygens (including phenoxy) is 1. The Hall–Kier alpha value is -2.79. The van der Waals surface area contributed by atoms with Gasteiger partial charge in [-0.05, 0) is 67.5 Å². The third kappa shape index (κ3) is 4.26. The van der Waals surface area contributed by atoms with Gasteiger partial charge in [0, 0.05) is 18.1 Å². The second-order valence-electron chi connectivity index (χ2n) is 8.67. The Balaban J connectivity index is 1.76. The fraction of sp³-hybridized carbons (Fsp3) is 0.385. The molecule has 0 radical (unpaired) electrons. The van der Waals surface area contributed by atoms with Gasteiger partial charge in [0.05, 0.1) is 17.9 Å². The number of piperidine rings is 1. The number of aryl methyl sites for hydroxylation is 1. The zero-order chi connectivity index (χ0) is 22.8. The van der Waals surface area contributed by atoms with Gasteiger partial charge in [0.25, 0.3) is 11.8 Å². The summed E-state index contributed by atoms with van der Waals surface area (Å²) in [5, 5.41) is 0.530. The number of anilines is 1. The molecule has 2 aromatic rings. The van der Waals surface area contributed by atoms with Crippen molar-refractivity contribution in [3.05, 3.63) is 64.3 Å². The average Bonchev–Trinajstić information content (AvgIpc) is 3.04. The van der Waals surface area contributed by atoms with Crippen LogP contribution in [0.2, 0.25) is 5.02 Å². The minimum absolute atomic E-state index is 0.287. The summed E-state index contributed by atoms with van der Waals surface area (Å²) in [5.41, 5.74) is 3.05. The van der Waals surface area contributed by atoms with Crippen LogP contribution in [-0.2, 0) is 9.59 Å². The minimum atomic E-state index is -0.314. The number of rotatable bonds is 6. The zero-order valence-electron chi connectivity index (χ0n) is 18.9. The molecule has 0 bridgehead atoms. The fourth-order valence-corrected chi connectivity index (χ4v) is 4.53. The maximum Gasteiger partial charge on any atom is 0.282 e. The van der Waals surface area contributed by atoms with Crippen molar-refractivity contribution in [3.63, 3.8) is 0 Å². The lowest BCUT2D eigenvalue weighted by molar-refractivity contribution is -0.120. The first-order valence-corrected chi connectivity index (χ1v) is 11.7. The van der Waals surface area contributed by atoms with Gasteiger partial charge in [-0.3, -0.25) is 9.59 Å². The van der Waals surface area contributed by atoms with Crippen LogP contribution < -0.4 is 9.64 Å². The van der Waals surface area contributed by atoms with Crippen LogP contribution in [-0.4, -0.2) is 36.4 Å². The van der Waals surface area contributed by atoms with Gasteiger partial charge in [-0.25, -0.2) is 4.90 Å². The van der Waals surface area contributed by atoms with Crippen LogP contribution in [0.25, 0.3) is 5.57 Å². The zero-order valence-corrected chi connectivity index (χ0v) is 19.6. The molecule has 2 aliphatic rings. The monoisotopic (exact) mass is 452 g/mol. The number of hydrogen-bond donors (Lipinski definition) is 0. The molecule has 2 aliphatic heterocycles. The molecule has 0 N–H and O–H groups in total. The van der Waals surface area contributed by atoms with Crippen molar-refractivity contribution < 1.29 is 14.3 Å². The molecule has 2 amide bonds. The van der Waals surface area contributed by atoms with Crippen LogP contribution in [0.4, 0.5) is 5.69 Å². The largest absolute Gasteiger partial charge is 0.494 e. The second kappa shape index (κ2) is 9.37. The van der Waals surface area contributed by atoms with Gasteiger partial charge >= 0.3 is 0 Å². The number of imide groups is 1. The highest BCUT2D eigenvalue weighted by atomic mass is 35.5. The van der Waals surface area contributed by atoms with E-state index in [1.807, 2.05) is 37.3 Å². The molecular formula is C26H29ClN2O3. The number of hydrogen-bond acceptors (Lipinski definition) is 4.